The van der Waals surface area contributed by atoms with Gasteiger partial charge in [-0.15, -0.1) is 0 Å². The summed E-state index contributed by atoms with van der Waals surface area (Å²) in [7, 11) is 3.11. The molecule has 0 fully saturated rings. The lowest BCUT2D eigenvalue weighted by atomic mass is 10.0. The first kappa shape index (κ1) is 19.5. The molecule has 1 amide bonds. The van der Waals surface area contributed by atoms with Crippen molar-refractivity contribution in [3.63, 3.8) is 0 Å². The van der Waals surface area contributed by atoms with Crippen LogP contribution in [0.3, 0.4) is 0 Å². The van der Waals surface area contributed by atoms with E-state index in [0.29, 0.717) is 29.4 Å². The highest BCUT2D eigenvalue weighted by molar-refractivity contribution is 6.03. The highest BCUT2D eigenvalue weighted by Crippen LogP contribution is 2.35. The van der Waals surface area contributed by atoms with E-state index in [9.17, 15) is 14.7 Å². The number of carboxylic acids is 1. The van der Waals surface area contributed by atoms with Gasteiger partial charge in [0.05, 0.1) is 26.2 Å². The van der Waals surface area contributed by atoms with Gasteiger partial charge >= 0.3 is 0 Å². The maximum Gasteiger partial charge on any atom is 0.243 e. The van der Waals surface area contributed by atoms with Crippen molar-refractivity contribution in [3.8, 4) is 11.5 Å². The molecule has 0 aliphatic carbocycles. The van der Waals surface area contributed by atoms with Gasteiger partial charge in [0.25, 0.3) is 0 Å². The second-order valence-corrected chi connectivity index (χ2v) is 6.32. The van der Waals surface area contributed by atoms with Crippen LogP contribution in [0.1, 0.15) is 43.0 Å². The van der Waals surface area contributed by atoms with Gasteiger partial charge in [0.1, 0.15) is 11.8 Å². The predicted molar refractivity (Wildman–Crippen MR) is 97.9 cm³/mol. The van der Waals surface area contributed by atoms with E-state index in [1.165, 1.54) is 5.01 Å². The van der Waals surface area contributed by atoms with Crippen LogP contribution >= 0.6 is 0 Å². The van der Waals surface area contributed by atoms with Crippen molar-refractivity contribution in [1.29, 1.82) is 0 Å². The number of methoxy groups -OCH3 is 2. The summed E-state index contributed by atoms with van der Waals surface area (Å²) >= 11 is 0. The lowest BCUT2D eigenvalue weighted by Gasteiger charge is -2.19. The van der Waals surface area contributed by atoms with Crippen molar-refractivity contribution >= 4 is 17.6 Å². The van der Waals surface area contributed by atoms with Crippen LogP contribution in [0.2, 0.25) is 0 Å². The maximum atomic E-state index is 12.7. The molecule has 0 radical (unpaired) electrons. The van der Waals surface area contributed by atoms with Crippen LogP contribution in [0.25, 0.3) is 0 Å². The molecule has 148 valence electrons. The highest BCUT2D eigenvalue weighted by atomic mass is 16.5. The van der Waals surface area contributed by atoms with Gasteiger partial charge in [0, 0.05) is 24.4 Å². The number of aliphatic carboxylic acids is 1. The predicted octanol–water partition coefficient (Wildman–Crippen LogP) is 1.89. The van der Waals surface area contributed by atoms with E-state index >= 15 is 0 Å². The molecule has 3 rings (SSSR count). The summed E-state index contributed by atoms with van der Waals surface area (Å²) in [5, 5.41) is 16.5. The molecule has 28 heavy (non-hydrogen) atoms. The first-order valence-corrected chi connectivity index (χ1v) is 8.88. The zero-order chi connectivity index (χ0) is 20.1. The fraction of sp³-hybridized carbons (Fsp3) is 0.350. The minimum atomic E-state index is -1.17. The summed E-state index contributed by atoms with van der Waals surface area (Å²) in [5.74, 6) is 0.343. The van der Waals surface area contributed by atoms with Gasteiger partial charge in [-0.1, -0.05) is 0 Å². The Labute approximate surface area is 162 Å². The van der Waals surface area contributed by atoms with Gasteiger partial charge in [-0.2, -0.15) is 5.10 Å². The quantitative estimate of drug-likeness (QED) is 0.687. The Morgan fingerprint density at radius 3 is 2.64 bits per heavy atom. The molecule has 8 nitrogen and oxygen atoms in total. The second kappa shape index (κ2) is 8.60. The minimum absolute atomic E-state index is 0.0634. The number of hydrogen-bond acceptors (Lipinski definition) is 7. The number of carboxylic acid groups (broad SMARTS) is 1. The van der Waals surface area contributed by atoms with E-state index in [0.717, 1.165) is 5.56 Å². The van der Waals surface area contributed by atoms with Crippen LogP contribution in [-0.4, -0.2) is 36.8 Å². The Balaban J connectivity index is 1.86. The van der Waals surface area contributed by atoms with Crippen LogP contribution in [0, 0.1) is 0 Å². The average molecular weight is 385 g/mol. The Kier molecular flexibility index (Phi) is 5.98. The van der Waals surface area contributed by atoms with Crippen LogP contribution in [0.5, 0.6) is 11.5 Å². The number of hydrazone groups is 1. The first-order chi connectivity index (χ1) is 13.5. The van der Waals surface area contributed by atoms with Crippen molar-refractivity contribution in [3.05, 3.63) is 47.9 Å². The highest BCUT2D eigenvalue weighted by Gasteiger charge is 2.34. The van der Waals surface area contributed by atoms with Gasteiger partial charge in [0.15, 0.2) is 11.5 Å². The summed E-state index contributed by atoms with van der Waals surface area (Å²) in [5.41, 5.74) is 1.51. The number of rotatable bonds is 8. The molecule has 1 aromatic carbocycles. The molecule has 1 atom stereocenters. The molecular formula is C20H21N2O6-. The maximum absolute atomic E-state index is 12.7. The van der Waals surface area contributed by atoms with Crippen molar-refractivity contribution in [2.75, 3.05) is 14.2 Å². The number of furan rings is 1. The molecule has 0 N–H and O–H groups in total. The number of amides is 1. The number of benzene rings is 1. The molecule has 2 heterocycles. The lowest BCUT2D eigenvalue weighted by Crippen LogP contribution is -2.27. The third-order valence-corrected chi connectivity index (χ3v) is 4.53. The SMILES string of the molecule is COc1ccc(C2=NN(C(=O)CCCC(=O)[O-])[C@@H](c3ccco3)C2)cc1OC. The number of carbonyl (C=O) groups is 2. The van der Waals surface area contributed by atoms with E-state index in [1.54, 1.807) is 44.7 Å². The Morgan fingerprint density at radius 2 is 2.00 bits per heavy atom. The molecule has 0 bridgehead atoms. The first-order valence-electron chi connectivity index (χ1n) is 8.88. The molecular weight excluding hydrogens is 364 g/mol. The zero-order valence-corrected chi connectivity index (χ0v) is 15.7. The zero-order valence-electron chi connectivity index (χ0n) is 15.7. The molecule has 2 aromatic rings. The monoisotopic (exact) mass is 385 g/mol. The molecule has 0 spiro atoms. The van der Waals surface area contributed by atoms with Crippen molar-refractivity contribution in [2.24, 2.45) is 5.10 Å². The van der Waals surface area contributed by atoms with Gasteiger partial charge in [-0.25, -0.2) is 5.01 Å². The lowest BCUT2D eigenvalue weighted by molar-refractivity contribution is -0.305. The van der Waals surface area contributed by atoms with E-state index in [-0.39, 0.29) is 31.2 Å². The minimum Gasteiger partial charge on any atom is -0.550 e. The molecule has 0 unspecified atom stereocenters. The fourth-order valence-corrected chi connectivity index (χ4v) is 3.13. The second-order valence-electron chi connectivity index (χ2n) is 6.32. The van der Waals surface area contributed by atoms with Crippen molar-refractivity contribution < 1.29 is 28.6 Å². The topological polar surface area (TPSA) is 104 Å². The Bertz CT molecular complexity index is 875. The van der Waals surface area contributed by atoms with Crippen molar-refractivity contribution in [2.45, 2.75) is 31.7 Å². The van der Waals surface area contributed by atoms with E-state index < -0.39 is 5.97 Å². The fourth-order valence-electron chi connectivity index (χ4n) is 3.13. The molecule has 8 heteroatoms. The molecule has 0 saturated heterocycles. The van der Waals surface area contributed by atoms with E-state index in [2.05, 4.69) is 5.10 Å². The van der Waals surface area contributed by atoms with E-state index in [4.69, 9.17) is 13.9 Å². The van der Waals surface area contributed by atoms with Crippen molar-refractivity contribution in [1.82, 2.24) is 5.01 Å². The summed E-state index contributed by atoms with van der Waals surface area (Å²) < 4.78 is 16.1. The average Bonchev–Trinajstić information content (AvgIpc) is 3.36. The van der Waals surface area contributed by atoms with Gasteiger partial charge in [-0.3, -0.25) is 4.79 Å². The molecule has 0 saturated carbocycles. The number of carbonyl (C=O) groups excluding carboxylic acids is 2. The summed E-state index contributed by atoms with van der Waals surface area (Å²) in [6.45, 7) is 0. The largest absolute Gasteiger partial charge is 0.550 e. The summed E-state index contributed by atoms with van der Waals surface area (Å²) in [4.78, 5) is 23.3. The molecule has 1 aliphatic rings. The smallest absolute Gasteiger partial charge is 0.243 e. The standard InChI is InChI=1S/C20H22N2O6/c1-26-17-9-8-13(11-18(17)27-2)14-12-15(16-5-4-10-28-16)22(21-14)19(23)6-3-7-20(24)25/h4-5,8-11,15H,3,6-7,12H2,1-2H3,(H,24,25)/p-1/t15-/m1/s1. The van der Waals surface area contributed by atoms with E-state index in [1.807, 2.05) is 6.07 Å². The number of ether oxygens (including phenoxy) is 2. The molecule has 1 aromatic heterocycles. The Morgan fingerprint density at radius 1 is 1.21 bits per heavy atom. The summed E-state index contributed by atoms with van der Waals surface area (Å²) in [6, 6.07) is 8.60. The van der Waals surface area contributed by atoms with Crippen LogP contribution in [0.4, 0.5) is 0 Å². The Hall–Kier alpha value is -3.29. The van der Waals surface area contributed by atoms with Gasteiger partial charge in [0.2, 0.25) is 5.91 Å². The number of hydrogen-bond donors (Lipinski definition) is 0. The van der Waals surface area contributed by atoms with Crippen LogP contribution in [-0.2, 0) is 9.59 Å². The summed E-state index contributed by atoms with van der Waals surface area (Å²) in [6.07, 6.45) is 2.10. The van der Waals surface area contributed by atoms with Gasteiger partial charge < -0.3 is 23.8 Å². The third-order valence-electron chi connectivity index (χ3n) is 4.53. The van der Waals surface area contributed by atoms with Gasteiger partial charge in [-0.05, 0) is 43.2 Å². The normalized spacial score (nSPS) is 16.0. The van der Waals surface area contributed by atoms with Crippen LogP contribution < -0.4 is 14.6 Å². The molecule has 1 aliphatic heterocycles. The number of nitrogens with zero attached hydrogens (tertiary/aromatic N) is 2. The van der Waals surface area contributed by atoms with Crippen LogP contribution in [0.15, 0.2) is 46.1 Å². The third kappa shape index (κ3) is 4.16.